The van der Waals surface area contributed by atoms with Crippen molar-refractivity contribution in [2.24, 2.45) is 0 Å². The van der Waals surface area contributed by atoms with Gasteiger partial charge >= 0.3 is 0 Å². The Morgan fingerprint density at radius 2 is 0.789 bits per heavy atom. The SMILES string of the molecule is [2H]c1c([2H])c([2H])c2c(-c3ccc4oc5cc(-c6c([2H])c([2H])c7c([2H])c([2H])c([2H])c(-c8c9c([2H])c([2H])c([2H])c([2H])c9c(-c9c([2H])c([2H])c([2H])c%10c([2H])c([2H])c([2H])c([2H])c9%10)c9c([2H])c([2H])c([2H])c([2H])c89)c7c6[2H])ccc5c4c3)c([2H])c([2H])c([2H])c2c1[2H]. The van der Waals surface area contributed by atoms with E-state index in [1.54, 1.807) is 6.07 Å². The predicted molar refractivity (Wildman–Crippen MR) is 243 cm³/mol. The highest BCUT2D eigenvalue weighted by Crippen LogP contribution is 2.47. The van der Waals surface area contributed by atoms with Gasteiger partial charge in [-0.05, 0) is 129 Å². The summed E-state index contributed by atoms with van der Waals surface area (Å²) in [4.78, 5) is 0. The number of furan rings is 1. The minimum atomic E-state index is -0.967. The average molecular weight is 751 g/mol. The molecule has 0 bridgehead atoms. The number of fused-ring (bicyclic) bond motifs is 8. The highest BCUT2D eigenvalue weighted by atomic mass is 16.3. The van der Waals surface area contributed by atoms with Gasteiger partial charge in [-0.25, -0.2) is 0 Å². The molecule has 0 saturated carbocycles. The first-order chi connectivity index (χ1) is 39.9. The molecule has 0 amide bonds. The molecule has 0 saturated heterocycles. The standard InChI is InChI=1S/C56H34O/c1-3-17-41-35(12-1)14-9-23-43(41)40-29-31-53-52(33-40)44-30-28-39(34-54(44)57-53)38-27-26-37-16-11-25-50(51(37)32-38)56-48-21-7-5-19-46(48)55(47-20-6-8-22-49(47)56)45-24-10-15-36-13-2-4-18-42(36)45/h1-34H/i1D,2D,3D,4D,5D,6D,7D,8D,9D,10D,11D,12D,13D,14D,15D,16D,17D,18D,19D,20D,21D,22D,23D,24D,25D,26D,27D,32D. The van der Waals surface area contributed by atoms with Crippen molar-refractivity contribution >= 4 is 75.8 Å². The van der Waals surface area contributed by atoms with Crippen molar-refractivity contribution in [1.82, 2.24) is 0 Å². The minimum Gasteiger partial charge on any atom is -0.456 e. The summed E-state index contributed by atoms with van der Waals surface area (Å²) >= 11 is 0. The first kappa shape index (κ1) is 14.9. The summed E-state index contributed by atoms with van der Waals surface area (Å²) in [7, 11) is 0. The van der Waals surface area contributed by atoms with Gasteiger partial charge in [-0.3, -0.25) is 0 Å². The van der Waals surface area contributed by atoms with Crippen LogP contribution in [0.2, 0.25) is 0 Å². The fourth-order valence-corrected chi connectivity index (χ4v) is 7.48. The molecule has 0 aliphatic carbocycles. The molecule has 0 aliphatic rings. The number of benzene rings is 11. The summed E-state index contributed by atoms with van der Waals surface area (Å²) in [6.07, 6.45) is 0. The van der Waals surface area contributed by atoms with Crippen LogP contribution in [-0.2, 0) is 0 Å². The molecule has 1 nitrogen and oxygen atoms in total. The maximum Gasteiger partial charge on any atom is 0.136 e. The Labute approximate surface area is 369 Å². The van der Waals surface area contributed by atoms with Crippen LogP contribution in [0.3, 0.4) is 0 Å². The average Bonchev–Trinajstić information content (AvgIpc) is 1.26. The lowest BCUT2D eigenvalue weighted by Crippen LogP contribution is -1.92. The fraction of sp³-hybridized carbons (Fsp3) is 0. The Balaban J connectivity index is 1.21. The van der Waals surface area contributed by atoms with Gasteiger partial charge in [0.25, 0.3) is 0 Å². The zero-order valence-corrected chi connectivity index (χ0v) is 28.9. The van der Waals surface area contributed by atoms with Crippen molar-refractivity contribution in [3.05, 3.63) is 206 Å². The summed E-state index contributed by atoms with van der Waals surface area (Å²) in [6.45, 7) is 0. The van der Waals surface area contributed by atoms with Gasteiger partial charge in [0, 0.05) is 10.8 Å². The second kappa shape index (κ2) is 12.5. The number of hydrogen-bond acceptors (Lipinski definition) is 1. The molecule has 11 aromatic carbocycles. The Morgan fingerprint density at radius 1 is 0.298 bits per heavy atom. The van der Waals surface area contributed by atoms with Crippen LogP contribution in [0.1, 0.15) is 38.4 Å². The van der Waals surface area contributed by atoms with Crippen molar-refractivity contribution in [3.8, 4) is 44.5 Å². The summed E-state index contributed by atoms with van der Waals surface area (Å²) in [5.41, 5.74) is -2.55. The van der Waals surface area contributed by atoms with E-state index in [0.717, 1.165) is 0 Å². The highest BCUT2D eigenvalue weighted by molar-refractivity contribution is 6.25. The van der Waals surface area contributed by atoms with Crippen LogP contribution in [0.15, 0.2) is 210 Å². The lowest BCUT2D eigenvalue weighted by atomic mass is 9.83. The molecule has 57 heavy (non-hydrogen) atoms. The zero-order valence-electron chi connectivity index (χ0n) is 56.9. The molecule has 0 fully saturated rings. The van der Waals surface area contributed by atoms with Gasteiger partial charge < -0.3 is 4.42 Å². The van der Waals surface area contributed by atoms with E-state index in [0.29, 0.717) is 10.8 Å². The Bertz CT molecular complexity index is 5120. The third kappa shape index (κ3) is 4.96. The van der Waals surface area contributed by atoms with Crippen molar-refractivity contribution in [2.45, 2.75) is 0 Å². The predicted octanol–water partition coefficient (Wildman–Crippen LogP) is 16.0. The van der Waals surface area contributed by atoms with Crippen molar-refractivity contribution in [3.63, 3.8) is 0 Å². The smallest absolute Gasteiger partial charge is 0.136 e. The van der Waals surface area contributed by atoms with Crippen molar-refractivity contribution < 1.29 is 42.8 Å². The minimum absolute atomic E-state index is 0.00816. The van der Waals surface area contributed by atoms with E-state index in [2.05, 4.69) is 0 Å². The molecular formula is C56H34O. The number of hydrogen-bond donors (Lipinski definition) is 0. The van der Waals surface area contributed by atoms with E-state index in [4.69, 9.17) is 27.7 Å². The van der Waals surface area contributed by atoms with Crippen LogP contribution in [0.5, 0.6) is 0 Å². The van der Waals surface area contributed by atoms with Crippen LogP contribution in [-0.4, -0.2) is 0 Å². The maximum absolute atomic E-state index is 10.1. The molecule has 0 atom stereocenters. The molecule has 1 aromatic heterocycles. The normalized spacial score (nSPS) is 18.7. The molecule has 0 spiro atoms. The Morgan fingerprint density at radius 3 is 1.42 bits per heavy atom. The van der Waals surface area contributed by atoms with E-state index in [-0.39, 0.29) is 44.2 Å². The van der Waals surface area contributed by atoms with E-state index >= 15 is 0 Å². The van der Waals surface area contributed by atoms with Gasteiger partial charge in [-0.15, -0.1) is 0 Å². The monoisotopic (exact) mass is 750 g/mol. The molecule has 264 valence electrons. The zero-order chi connectivity index (χ0) is 61.8. The van der Waals surface area contributed by atoms with Crippen molar-refractivity contribution in [1.29, 1.82) is 0 Å². The largest absolute Gasteiger partial charge is 0.456 e. The fourth-order valence-electron chi connectivity index (χ4n) is 7.48. The van der Waals surface area contributed by atoms with E-state index < -0.39 is 235 Å². The molecule has 12 aromatic rings. The Hall–Kier alpha value is -7.48. The first-order valence-electron chi connectivity index (χ1n) is 31.4. The van der Waals surface area contributed by atoms with E-state index in [9.17, 15) is 15.1 Å². The summed E-state index contributed by atoms with van der Waals surface area (Å²) in [6, 6.07) is -13.9. The second-order valence-electron chi connectivity index (χ2n) is 13.0. The second-order valence-corrected chi connectivity index (χ2v) is 13.0. The molecule has 1 heterocycles. The lowest BCUT2D eigenvalue weighted by molar-refractivity contribution is 0.669. The highest BCUT2D eigenvalue weighted by Gasteiger charge is 2.19. The van der Waals surface area contributed by atoms with Gasteiger partial charge in [0.15, 0.2) is 0 Å². The van der Waals surface area contributed by atoms with Gasteiger partial charge in [-0.2, -0.15) is 0 Å². The molecule has 0 radical (unpaired) electrons. The molecule has 1 heteroatoms. The quantitative estimate of drug-likeness (QED) is 0.163. The molecule has 0 unspecified atom stereocenters. The van der Waals surface area contributed by atoms with Crippen LogP contribution in [0.25, 0.3) is 120 Å². The number of rotatable bonds is 4. The molecule has 12 rings (SSSR count). The van der Waals surface area contributed by atoms with Gasteiger partial charge in [0.05, 0.1) is 38.4 Å². The molecular weight excluding hydrogens is 689 g/mol. The Kier molecular flexibility index (Phi) is 3.27. The van der Waals surface area contributed by atoms with Gasteiger partial charge in [0.1, 0.15) is 11.2 Å². The van der Waals surface area contributed by atoms with E-state index in [1.165, 1.54) is 30.3 Å². The van der Waals surface area contributed by atoms with Crippen LogP contribution < -0.4 is 0 Å². The summed E-state index contributed by atoms with van der Waals surface area (Å²) < 4.78 is 260. The summed E-state index contributed by atoms with van der Waals surface area (Å²) in [5, 5.41) is -4.81. The van der Waals surface area contributed by atoms with Crippen LogP contribution in [0.4, 0.5) is 0 Å². The summed E-state index contributed by atoms with van der Waals surface area (Å²) in [5.74, 6) is 0. The third-order valence-corrected chi connectivity index (χ3v) is 9.99. The van der Waals surface area contributed by atoms with Gasteiger partial charge in [0.2, 0.25) is 0 Å². The lowest BCUT2D eigenvalue weighted by Gasteiger charge is -2.20. The van der Waals surface area contributed by atoms with Crippen LogP contribution in [0, 0.1) is 0 Å². The third-order valence-electron chi connectivity index (χ3n) is 9.99. The van der Waals surface area contributed by atoms with Crippen LogP contribution >= 0.6 is 0 Å². The maximum atomic E-state index is 10.1. The first-order valence-corrected chi connectivity index (χ1v) is 17.4. The van der Waals surface area contributed by atoms with E-state index in [1.807, 2.05) is 0 Å². The molecule has 0 aliphatic heterocycles. The topological polar surface area (TPSA) is 13.1 Å². The van der Waals surface area contributed by atoms with Crippen molar-refractivity contribution in [2.75, 3.05) is 0 Å². The molecule has 0 N–H and O–H groups in total. The van der Waals surface area contributed by atoms with Gasteiger partial charge in [-0.1, -0.05) is 175 Å².